The van der Waals surface area contributed by atoms with Crippen molar-refractivity contribution in [2.24, 2.45) is 11.5 Å². The molecule has 0 saturated heterocycles. The number of para-hydroxylation sites is 1. The van der Waals surface area contributed by atoms with E-state index in [1.807, 2.05) is 60.7 Å². The molecule has 8 nitrogen and oxygen atoms in total. The van der Waals surface area contributed by atoms with E-state index in [0.717, 1.165) is 17.9 Å². The zero-order chi connectivity index (χ0) is 26.0. The molecule has 8 heteroatoms. The van der Waals surface area contributed by atoms with Crippen LogP contribution in [0.1, 0.15) is 21.6 Å². The molecule has 186 valence electrons. The third-order valence-corrected chi connectivity index (χ3v) is 4.58. The SMILES string of the molecule is NC(=O)c1cccc(=O)[nH]1.NC=O.c1ccc(COCCc2ccc(Oc3ccccc3)cc2)cc1. The Morgan fingerprint density at radius 1 is 0.778 bits per heavy atom. The molecule has 0 aliphatic carbocycles. The molecule has 0 fully saturated rings. The minimum Gasteiger partial charge on any atom is -0.457 e. The summed E-state index contributed by atoms with van der Waals surface area (Å²) in [6.07, 6.45) is 1.15. The topological polar surface area (TPSA) is 137 Å². The first-order valence-corrected chi connectivity index (χ1v) is 11.1. The number of primary amides is 2. The first-order chi connectivity index (χ1) is 17.5. The number of rotatable bonds is 8. The molecular formula is C28H29N3O5. The van der Waals surface area contributed by atoms with Gasteiger partial charge in [0.25, 0.3) is 5.91 Å². The Morgan fingerprint density at radius 3 is 1.92 bits per heavy atom. The van der Waals surface area contributed by atoms with Gasteiger partial charge in [-0.3, -0.25) is 14.4 Å². The van der Waals surface area contributed by atoms with Crippen molar-refractivity contribution in [3.63, 3.8) is 0 Å². The Labute approximate surface area is 209 Å². The van der Waals surface area contributed by atoms with Gasteiger partial charge in [-0.25, -0.2) is 0 Å². The molecule has 0 bridgehead atoms. The first kappa shape index (κ1) is 27.6. The molecule has 4 rings (SSSR count). The fourth-order valence-corrected chi connectivity index (χ4v) is 2.89. The second kappa shape index (κ2) is 16.0. The largest absolute Gasteiger partial charge is 0.457 e. The highest BCUT2D eigenvalue weighted by molar-refractivity contribution is 5.90. The van der Waals surface area contributed by atoms with Gasteiger partial charge in [0.05, 0.1) is 13.2 Å². The maximum Gasteiger partial charge on any atom is 0.265 e. The van der Waals surface area contributed by atoms with Crippen molar-refractivity contribution in [3.05, 3.63) is 130 Å². The van der Waals surface area contributed by atoms with E-state index in [2.05, 4.69) is 35.0 Å². The number of benzene rings is 3. The lowest BCUT2D eigenvalue weighted by Gasteiger charge is -2.07. The van der Waals surface area contributed by atoms with Gasteiger partial charge >= 0.3 is 0 Å². The van der Waals surface area contributed by atoms with Crippen LogP contribution in [-0.4, -0.2) is 23.9 Å². The Bertz CT molecular complexity index is 1230. The molecule has 36 heavy (non-hydrogen) atoms. The van der Waals surface area contributed by atoms with Crippen molar-refractivity contribution in [1.82, 2.24) is 4.98 Å². The minimum atomic E-state index is -0.627. The Kier molecular flexibility index (Phi) is 12.3. The summed E-state index contributed by atoms with van der Waals surface area (Å²) in [5.41, 5.74) is 11.3. The van der Waals surface area contributed by atoms with Gasteiger partial charge in [0.15, 0.2) is 0 Å². The summed E-state index contributed by atoms with van der Waals surface area (Å²) in [5.74, 6) is 1.08. The Balaban J connectivity index is 0.000000292. The van der Waals surface area contributed by atoms with Crippen LogP contribution >= 0.6 is 0 Å². The van der Waals surface area contributed by atoms with Gasteiger partial charge in [-0.15, -0.1) is 0 Å². The van der Waals surface area contributed by atoms with E-state index < -0.39 is 5.91 Å². The number of hydrogen-bond donors (Lipinski definition) is 3. The molecular weight excluding hydrogens is 458 g/mol. The molecule has 4 aromatic rings. The van der Waals surface area contributed by atoms with Crippen molar-refractivity contribution >= 4 is 12.3 Å². The van der Waals surface area contributed by atoms with Gasteiger partial charge in [-0.05, 0) is 47.9 Å². The number of aromatic nitrogens is 1. The van der Waals surface area contributed by atoms with Crippen molar-refractivity contribution < 1.29 is 19.1 Å². The quantitative estimate of drug-likeness (QED) is 0.256. The molecule has 0 aliphatic heterocycles. The van der Waals surface area contributed by atoms with Crippen molar-refractivity contribution in [3.8, 4) is 11.5 Å². The van der Waals surface area contributed by atoms with Crippen LogP contribution in [0.2, 0.25) is 0 Å². The molecule has 0 radical (unpaired) electrons. The molecule has 0 spiro atoms. The lowest BCUT2D eigenvalue weighted by molar-refractivity contribution is -0.106. The van der Waals surface area contributed by atoms with Crippen molar-refractivity contribution in [2.45, 2.75) is 13.0 Å². The summed E-state index contributed by atoms with van der Waals surface area (Å²) in [5, 5.41) is 0. The highest BCUT2D eigenvalue weighted by Crippen LogP contribution is 2.21. The molecule has 0 saturated carbocycles. The number of pyridine rings is 1. The molecule has 0 unspecified atom stereocenters. The lowest BCUT2D eigenvalue weighted by Crippen LogP contribution is -2.17. The summed E-state index contributed by atoms with van der Waals surface area (Å²) in [6.45, 7) is 1.38. The van der Waals surface area contributed by atoms with Crippen LogP contribution in [0.15, 0.2) is 108 Å². The van der Waals surface area contributed by atoms with Gasteiger partial charge in [0, 0.05) is 6.07 Å². The van der Waals surface area contributed by atoms with Crippen LogP contribution in [0.25, 0.3) is 0 Å². The summed E-state index contributed by atoms with van der Waals surface area (Å²) in [7, 11) is 0. The van der Waals surface area contributed by atoms with E-state index in [4.69, 9.17) is 20.0 Å². The van der Waals surface area contributed by atoms with Gasteiger partial charge in [-0.1, -0.05) is 66.7 Å². The van der Waals surface area contributed by atoms with Crippen LogP contribution in [0.5, 0.6) is 11.5 Å². The van der Waals surface area contributed by atoms with E-state index >= 15 is 0 Å². The van der Waals surface area contributed by atoms with E-state index in [9.17, 15) is 9.59 Å². The zero-order valence-electron chi connectivity index (χ0n) is 19.7. The first-order valence-electron chi connectivity index (χ1n) is 11.1. The monoisotopic (exact) mass is 487 g/mol. The average Bonchev–Trinajstić information content (AvgIpc) is 2.90. The minimum absolute atomic E-state index is 0.132. The third-order valence-electron chi connectivity index (χ3n) is 4.58. The second-order valence-corrected chi connectivity index (χ2v) is 7.28. The van der Waals surface area contributed by atoms with E-state index in [-0.39, 0.29) is 17.7 Å². The summed E-state index contributed by atoms with van der Waals surface area (Å²) in [6, 6.07) is 32.5. The maximum atomic E-state index is 10.5. The number of ether oxygens (including phenoxy) is 2. The average molecular weight is 488 g/mol. The number of hydrogen-bond acceptors (Lipinski definition) is 5. The van der Waals surface area contributed by atoms with E-state index in [1.54, 1.807) is 0 Å². The Morgan fingerprint density at radius 2 is 1.36 bits per heavy atom. The van der Waals surface area contributed by atoms with Crippen LogP contribution in [0, 0.1) is 0 Å². The second-order valence-electron chi connectivity index (χ2n) is 7.28. The summed E-state index contributed by atoms with van der Waals surface area (Å²) >= 11 is 0. The van der Waals surface area contributed by atoms with Crippen LogP contribution in [0.4, 0.5) is 0 Å². The van der Waals surface area contributed by atoms with Crippen molar-refractivity contribution in [1.29, 1.82) is 0 Å². The van der Waals surface area contributed by atoms with E-state index in [0.29, 0.717) is 13.2 Å². The number of carbonyl (C=O) groups excluding carboxylic acids is 2. The molecule has 5 N–H and O–H groups in total. The molecule has 2 amide bonds. The molecule has 1 aromatic heterocycles. The number of nitrogens with two attached hydrogens (primary N) is 2. The standard InChI is InChI=1S/C21H20O2.C6H6N2O2.CH3NO/c1-3-7-19(8-4-1)17-22-16-15-18-11-13-21(14-12-18)23-20-9-5-2-6-10-20;7-6(10)4-2-1-3-5(9)8-4;2-1-3/h1-14H,15-17H2;1-3H,(H2,7,10)(H,8,9);1H,(H2,2,3). The maximum absolute atomic E-state index is 10.5. The third kappa shape index (κ3) is 11.0. The number of H-pyrrole nitrogens is 1. The van der Waals surface area contributed by atoms with Gasteiger partial charge < -0.3 is 25.9 Å². The van der Waals surface area contributed by atoms with Gasteiger partial charge in [0.2, 0.25) is 12.0 Å². The number of aromatic amines is 1. The van der Waals surface area contributed by atoms with Crippen molar-refractivity contribution in [2.75, 3.05) is 6.61 Å². The van der Waals surface area contributed by atoms with Crippen LogP contribution in [-0.2, 0) is 22.6 Å². The van der Waals surface area contributed by atoms with Crippen LogP contribution in [0.3, 0.4) is 0 Å². The summed E-state index contributed by atoms with van der Waals surface area (Å²) < 4.78 is 11.5. The smallest absolute Gasteiger partial charge is 0.265 e. The highest BCUT2D eigenvalue weighted by Gasteiger charge is 1.99. The fourth-order valence-electron chi connectivity index (χ4n) is 2.89. The molecule has 0 atom stereocenters. The number of nitrogens with one attached hydrogen (secondary N) is 1. The predicted octanol–water partition coefficient (Wildman–Crippen LogP) is 3.81. The number of amides is 2. The number of carbonyl (C=O) groups is 2. The van der Waals surface area contributed by atoms with Gasteiger partial charge in [0.1, 0.15) is 17.2 Å². The van der Waals surface area contributed by atoms with E-state index in [1.165, 1.54) is 29.3 Å². The lowest BCUT2D eigenvalue weighted by atomic mass is 10.1. The molecule has 0 aliphatic rings. The Hall–Kier alpha value is -4.69. The fraction of sp³-hybridized carbons (Fsp3) is 0.107. The molecule has 3 aromatic carbocycles. The normalized spacial score (nSPS) is 9.56. The summed E-state index contributed by atoms with van der Waals surface area (Å²) in [4.78, 5) is 31.8. The zero-order valence-corrected chi connectivity index (χ0v) is 19.7. The van der Waals surface area contributed by atoms with Gasteiger partial charge in [-0.2, -0.15) is 0 Å². The predicted molar refractivity (Wildman–Crippen MR) is 139 cm³/mol. The molecule has 1 heterocycles. The highest BCUT2D eigenvalue weighted by atomic mass is 16.5. The van der Waals surface area contributed by atoms with Crippen LogP contribution < -0.4 is 21.8 Å².